The Balaban J connectivity index is 1.95. The Kier molecular flexibility index (Phi) is 3.75. The minimum Gasteiger partial charge on any atom is -0.338 e. The maximum absolute atomic E-state index is 11.4. The summed E-state index contributed by atoms with van der Waals surface area (Å²) >= 11 is 0. The topological polar surface area (TPSA) is 102 Å². The third kappa shape index (κ3) is 3.48. The van der Waals surface area contributed by atoms with Gasteiger partial charge in [0.15, 0.2) is 15.7 Å². The van der Waals surface area contributed by atoms with Crippen LogP contribution < -0.4 is 5.73 Å². The molecule has 7 nitrogen and oxygen atoms in total. The van der Waals surface area contributed by atoms with Gasteiger partial charge in [0.2, 0.25) is 5.89 Å². The lowest BCUT2D eigenvalue weighted by Gasteiger charge is -2.16. The highest BCUT2D eigenvalue weighted by atomic mass is 32.2. The van der Waals surface area contributed by atoms with Crippen molar-refractivity contribution in [2.45, 2.75) is 19.5 Å². The minimum atomic E-state index is -2.87. The molecule has 1 fully saturated rings. The van der Waals surface area contributed by atoms with Crippen molar-refractivity contribution in [3.05, 3.63) is 11.7 Å². The predicted molar refractivity (Wildman–Crippen MR) is 60.7 cm³/mol. The first kappa shape index (κ1) is 12.5. The second kappa shape index (κ2) is 5.11. The average molecular weight is 260 g/mol. The second-order valence-corrected chi connectivity index (χ2v) is 6.39. The van der Waals surface area contributed by atoms with Gasteiger partial charge in [0, 0.05) is 6.54 Å². The van der Waals surface area contributed by atoms with Crippen LogP contribution in [0.5, 0.6) is 0 Å². The Hall–Kier alpha value is -0.990. The molecule has 0 spiro atoms. The first-order chi connectivity index (χ1) is 8.09. The van der Waals surface area contributed by atoms with E-state index in [1.165, 1.54) is 0 Å². The van der Waals surface area contributed by atoms with Crippen LogP contribution in [0.15, 0.2) is 4.52 Å². The molecular weight excluding hydrogens is 244 g/mol. The van der Waals surface area contributed by atoms with Gasteiger partial charge in [-0.2, -0.15) is 4.98 Å². The summed E-state index contributed by atoms with van der Waals surface area (Å²) in [5.74, 6) is 1.44. The molecule has 17 heavy (non-hydrogen) atoms. The van der Waals surface area contributed by atoms with Crippen molar-refractivity contribution >= 4 is 9.84 Å². The molecular formula is C9H16N4O3S. The maximum atomic E-state index is 11.4. The molecule has 2 heterocycles. The van der Waals surface area contributed by atoms with Crippen LogP contribution in [0.1, 0.15) is 18.1 Å². The number of sulfone groups is 1. The zero-order chi connectivity index (χ0) is 12.3. The lowest BCUT2D eigenvalue weighted by atomic mass is 10.4. The Morgan fingerprint density at radius 3 is 2.88 bits per heavy atom. The van der Waals surface area contributed by atoms with Crippen molar-refractivity contribution in [1.82, 2.24) is 15.0 Å². The van der Waals surface area contributed by atoms with Gasteiger partial charge in [-0.3, -0.25) is 4.90 Å². The van der Waals surface area contributed by atoms with E-state index >= 15 is 0 Å². The van der Waals surface area contributed by atoms with Gasteiger partial charge in [-0.1, -0.05) is 5.16 Å². The van der Waals surface area contributed by atoms with Crippen LogP contribution in [0.25, 0.3) is 0 Å². The molecule has 1 aliphatic rings. The molecule has 0 saturated carbocycles. The van der Waals surface area contributed by atoms with E-state index in [1.807, 2.05) is 4.90 Å². The molecule has 0 bridgehead atoms. The molecule has 0 aliphatic carbocycles. The number of hydrogen-bond acceptors (Lipinski definition) is 7. The van der Waals surface area contributed by atoms with Crippen LogP contribution in [0, 0.1) is 0 Å². The fourth-order valence-electron chi connectivity index (χ4n) is 1.79. The minimum absolute atomic E-state index is 0.203. The van der Waals surface area contributed by atoms with Gasteiger partial charge in [-0.15, -0.1) is 0 Å². The van der Waals surface area contributed by atoms with Crippen LogP contribution in [-0.2, 0) is 22.9 Å². The van der Waals surface area contributed by atoms with Gasteiger partial charge in [0.05, 0.1) is 24.6 Å². The Morgan fingerprint density at radius 2 is 2.18 bits per heavy atom. The van der Waals surface area contributed by atoms with Gasteiger partial charge in [-0.25, -0.2) is 8.42 Å². The molecule has 0 atom stereocenters. The highest BCUT2D eigenvalue weighted by Crippen LogP contribution is 2.08. The first-order valence-electron chi connectivity index (χ1n) is 5.53. The van der Waals surface area contributed by atoms with E-state index < -0.39 is 9.84 Å². The quantitative estimate of drug-likeness (QED) is 0.755. The van der Waals surface area contributed by atoms with Crippen LogP contribution in [0.2, 0.25) is 0 Å². The zero-order valence-corrected chi connectivity index (χ0v) is 10.3. The van der Waals surface area contributed by atoms with Crippen molar-refractivity contribution in [1.29, 1.82) is 0 Å². The Morgan fingerprint density at radius 1 is 1.35 bits per heavy atom. The summed E-state index contributed by atoms with van der Waals surface area (Å²) in [7, 11) is -2.87. The molecule has 96 valence electrons. The predicted octanol–water partition coefficient (Wildman–Crippen LogP) is -0.851. The Labute approximate surface area is 99.9 Å². The standard InChI is InChI=1S/C9H16N4O3S/c10-6-9-11-8(12-16-9)7-13-2-1-4-17(14,15)5-3-13/h1-7,10H2. The molecule has 1 aromatic rings. The van der Waals surface area contributed by atoms with Crippen LogP contribution in [0.4, 0.5) is 0 Å². The molecule has 1 aliphatic heterocycles. The number of nitrogens with zero attached hydrogens (tertiary/aromatic N) is 3. The van der Waals surface area contributed by atoms with E-state index in [1.54, 1.807) is 0 Å². The lowest BCUT2D eigenvalue weighted by molar-refractivity contribution is 0.273. The monoisotopic (exact) mass is 260 g/mol. The molecule has 2 rings (SSSR count). The van der Waals surface area contributed by atoms with Gasteiger partial charge in [0.25, 0.3) is 0 Å². The van der Waals surface area contributed by atoms with Crippen LogP contribution in [-0.4, -0.2) is 48.1 Å². The smallest absolute Gasteiger partial charge is 0.240 e. The fraction of sp³-hybridized carbons (Fsp3) is 0.778. The van der Waals surface area contributed by atoms with Crippen molar-refractivity contribution in [3.8, 4) is 0 Å². The van der Waals surface area contributed by atoms with E-state index in [0.717, 1.165) is 6.54 Å². The molecule has 8 heteroatoms. The maximum Gasteiger partial charge on any atom is 0.240 e. The highest BCUT2D eigenvalue weighted by molar-refractivity contribution is 7.91. The summed E-state index contributed by atoms with van der Waals surface area (Å²) in [5.41, 5.74) is 5.37. The van der Waals surface area contributed by atoms with Crippen LogP contribution in [0.3, 0.4) is 0 Å². The summed E-state index contributed by atoms with van der Waals surface area (Å²) < 4.78 is 27.7. The van der Waals surface area contributed by atoms with Gasteiger partial charge in [-0.05, 0) is 13.0 Å². The summed E-state index contributed by atoms with van der Waals surface area (Å²) in [4.78, 5) is 6.12. The van der Waals surface area contributed by atoms with E-state index in [4.69, 9.17) is 10.3 Å². The zero-order valence-electron chi connectivity index (χ0n) is 9.50. The number of hydrogen-bond donors (Lipinski definition) is 1. The summed E-state index contributed by atoms with van der Waals surface area (Å²) in [5, 5.41) is 3.79. The van der Waals surface area contributed by atoms with Crippen molar-refractivity contribution in [2.75, 3.05) is 24.6 Å². The van der Waals surface area contributed by atoms with E-state index in [0.29, 0.717) is 31.2 Å². The number of nitrogens with two attached hydrogens (primary N) is 1. The average Bonchev–Trinajstić information content (AvgIpc) is 2.66. The van der Waals surface area contributed by atoms with E-state index in [-0.39, 0.29) is 18.1 Å². The SMILES string of the molecule is NCc1nc(CN2CCCS(=O)(=O)CC2)no1. The Bertz CT molecular complexity index is 470. The first-order valence-corrected chi connectivity index (χ1v) is 7.35. The molecule has 0 aromatic carbocycles. The molecule has 0 amide bonds. The van der Waals surface area contributed by atoms with E-state index in [9.17, 15) is 8.42 Å². The van der Waals surface area contributed by atoms with E-state index in [2.05, 4.69) is 10.1 Å². The fourth-order valence-corrected chi connectivity index (χ4v) is 3.09. The molecule has 0 unspecified atom stereocenters. The number of aromatic nitrogens is 2. The normalized spacial score (nSPS) is 21.2. The summed E-state index contributed by atoms with van der Waals surface area (Å²) in [6.07, 6.45) is 0.657. The summed E-state index contributed by atoms with van der Waals surface area (Å²) in [6, 6.07) is 0. The number of rotatable bonds is 3. The molecule has 0 radical (unpaired) electrons. The molecule has 2 N–H and O–H groups in total. The largest absolute Gasteiger partial charge is 0.338 e. The third-order valence-corrected chi connectivity index (χ3v) is 4.41. The van der Waals surface area contributed by atoms with Gasteiger partial charge in [0.1, 0.15) is 0 Å². The van der Waals surface area contributed by atoms with Crippen molar-refractivity contribution < 1.29 is 12.9 Å². The van der Waals surface area contributed by atoms with Crippen LogP contribution >= 0.6 is 0 Å². The van der Waals surface area contributed by atoms with Gasteiger partial charge < -0.3 is 10.3 Å². The van der Waals surface area contributed by atoms with Crippen molar-refractivity contribution in [2.24, 2.45) is 5.73 Å². The highest BCUT2D eigenvalue weighted by Gasteiger charge is 2.20. The molecule has 1 aromatic heterocycles. The lowest BCUT2D eigenvalue weighted by Crippen LogP contribution is -2.27. The van der Waals surface area contributed by atoms with Crippen molar-refractivity contribution in [3.63, 3.8) is 0 Å². The molecule has 1 saturated heterocycles. The van der Waals surface area contributed by atoms with Gasteiger partial charge >= 0.3 is 0 Å². The summed E-state index contributed by atoms with van der Waals surface area (Å²) in [6.45, 7) is 2.00. The second-order valence-electron chi connectivity index (χ2n) is 4.09. The third-order valence-electron chi connectivity index (χ3n) is 2.70.